The summed E-state index contributed by atoms with van der Waals surface area (Å²) in [6.45, 7) is 0. The van der Waals surface area contributed by atoms with Crippen LogP contribution in [0, 0.1) is 5.82 Å². The molecule has 1 atom stereocenters. The number of rotatable bonds is 6. The van der Waals surface area contributed by atoms with Crippen molar-refractivity contribution in [3.05, 3.63) is 29.6 Å². The molecule has 0 spiro atoms. The van der Waals surface area contributed by atoms with Gasteiger partial charge in [0.05, 0.1) is 5.25 Å². The zero-order valence-electron chi connectivity index (χ0n) is 10.8. The highest BCUT2D eigenvalue weighted by molar-refractivity contribution is 7.92. The van der Waals surface area contributed by atoms with Gasteiger partial charge in [-0.25, -0.2) is 12.8 Å². The molecule has 7 heteroatoms. The number of sulfone groups is 1. The van der Waals surface area contributed by atoms with Crippen LogP contribution in [0.4, 0.5) is 4.39 Å². The summed E-state index contributed by atoms with van der Waals surface area (Å²) in [7, 11) is -3.57. The number of hydrogen-bond acceptors (Lipinski definition) is 4. The Hall–Kier alpha value is -1.47. The van der Waals surface area contributed by atoms with E-state index in [1.54, 1.807) is 0 Å². The topological polar surface area (TPSA) is 97.5 Å². The summed E-state index contributed by atoms with van der Waals surface area (Å²) in [5.41, 5.74) is 6.17. The van der Waals surface area contributed by atoms with Gasteiger partial charge in [-0.3, -0.25) is 4.79 Å². The van der Waals surface area contributed by atoms with Crippen molar-refractivity contribution in [1.29, 1.82) is 0 Å². The minimum atomic E-state index is -3.57. The van der Waals surface area contributed by atoms with Crippen molar-refractivity contribution >= 4 is 15.8 Å². The van der Waals surface area contributed by atoms with Gasteiger partial charge >= 0.3 is 5.97 Å². The molecule has 20 heavy (non-hydrogen) atoms. The molecular formula is C13H16FNO4S. The second kappa shape index (κ2) is 5.49. The van der Waals surface area contributed by atoms with Crippen molar-refractivity contribution in [2.75, 3.05) is 0 Å². The van der Waals surface area contributed by atoms with Crippen LogP contribution in [0.5, 0.6) is 0 Å². The molecule has 3 N–H and O–H groups in total. The summed E-state index contributed by atoms with van der Waals surface area (Å²) in [5, 5.41) is 8.10. The zero-order chi connectivity index (χ0) is 14.9. The number of carboxylic acids is 1. The summed E-state index contributed by atoms with van der Waals surface area (Å²) in [4.78, 5) is 10.2. The van der Waals surface area contributed by atoms with Crippen molar-refractivity contribution in [2.24, 2.45) is 5.73 Å². The van der Waals surface area contributed by atoms with E-state index >= 15 is 0 Å². The first kappa shape index (κ1) is 14.9. The van der Waals surface area contributed by atoms with E-state index in [1.807, 2.05) is 0 Å². The van der Waals surface area contributed by atoms with E-state index in [0.29, 0.717) is 18.4 Å². The largest absolute Gasteiger partial charge is 0.481 e. The van der Waals surface area contributed by atoms with Crippen LogP contribution in [-0.2, 0) is 14.6 Å². The maximum atomic E-state index is 13.9. The Kier molecular flexibility index (Phi) is 4.10. The first-order chi connectivity index (χ1) is 9.32. The van der Waals surface area contributed by atoms with E-state index in [4.69, 9.17) is 10.8 Å². The Labute approximate surface area is 116 Å². The standard InChI is InChI=1S/C13H16FNO4S/c14-10-7-8(11(15)4-6-13(16)17)1-5-12(10)20(18,19)9-2-3-9/h1,5,7,9,11H,2-4,6,15H2,(H,16,17). The smallest absolute Gasteiger partial charge is 0.303 e. The molecule has 1 saturated carbocycles. The van der Waals surface area contributed by atoms with E-state index in [2.05, 4.69) is 0 Å². The molecule has 0 radical (unpaired) electrons. The highest BCUT2D eigenvalue weighted by Crippen LogP contribution is 2.35. The van der Waals surface area contributed by atoms with E-state index in [0.717, 1.165) is 6.07 Å². The Balaban J connectivity index is 2.19. The molecule has 0 heterocycles. The fourth-order valence-electron chi connectivity index (χ4n) is 1.98. The van der Waals surface area contributed by atoms with Crippen LogP contribution in [0.2, 0.25) is 0 Å². The molecule has 1 unspecified atom stereocenters. The van der Waals surface area contributed by atoms with E-state index < -0.39 is 32.9 Å². The number of halogens is 1. The minimum Gasteiger partial charge on any atom is -0.481 e. The van der Waals surface area contributed by atoms with Crippen LogP contribution in [-0.4, -0.2) is 24.7 Å². The number of carbonyl (C=O) groups is 1. The van der Waals surface area contributed by atoms with Crippen molar-refractivity contribution < 1.29 is 22.7 Å². The first-order valence-corrected chi connectivity index (χ1v) is 7.87. The van der Waals surface area contributed by atoms with Gasteiger partial charge in [-0.2, -0.15) is 0 Å². The fraction of sp³-hybridized carbons (Fsp3) is 0.462. The maximum absolute atomic E-state index is 13.9. The van der Waals surface area contributed by atoms with Gasteiger partial charge in [0.25, 0.3) is 0 Å². The molecular weight excluding hydrogens is 285 g/mol. The van der Waals surface area contributed by atoms with Crippen molar-refractivity contribution in [3.63, 3.8) is 0 Å². The monoisotopic (exact) mass is 301 g/mol. The summed E-state index contributed by atoms with van der Waals surface area (Å²) >= 11 is 0. The second-order valence-electron chi connectivity index (χ2n) is 4.97. The fourth-order valence-corrected chi connectivity index (χ4v) is 3.69. The molecule has 1 aromatic carbocycles. The Morgan fingerprint density at radius 1 is 1.45 bits per heavy atom. The molecule has 110 valence electrons. The minimum absolute atomic E-state index is 0.120. The average Bonchev–Trinajstić information content (AvgIpc) is 3.19. The molecule has 5 nitrogen and oxygen atoms in total. The molecule has 0 aliphatic heterocycles. The van der Waals surface area contributed by atoms with Gasteiger partial charge in [-0.15, -0.1) is 0 Å². The molecule has 0 saturated heterocycles. The summed E-state index contributed by atoms with van der Waals surface area (Å²) in [5.74, 6) is -1.80. The van der Waals surface area contributed by atoms with Gasteiger partial charge in [0.1, 0.15) is 10.7 Å². The number of benzene rings is 1. The normalized spacial score (nSPS) is 16.9. The van der Waals surface area contributed by atoms with Crippen LogP contribution >= 0.6 is 0 Å². The molecule has 1 fully saturated rings. The highest BCUT2D eigenvalue weighted by atomic mass is 32.2. The number of carboxylic acid groups (broad SMARTS) is 1. The van der Waals surface area contributed by atoms with Crippen molar-refractivity contribution in [1.82, 2.24) is 0 Å². The average molecular weight is 301 g/mol. The maximum Gasteiger partial charge on any atom is 0.303 e. The molecule has 1 aliphatic rings. The van der Waals surface area contributed by atoms with Crippen molar-refractivity contribution in [3.8, 4) is 0 Å². The molecule has 0 bridgehead atoms. The van der Waals surface area contributed by atoms with Gasteiger partial charge in [0.2, 0.25) is 0 Å². The third-order valence-electron chi connectivity index (χ3n) is 3.32. The van der Waals surface area contributed by atoms with Crippen LogP contribution < -0.4 is 5.73 Å². The van der Waals surface area contributed by atoms with Crippen LogP contribution in [0.25, 0.3) is 0 Å². The highest BCUT2D eigenvalue weighted by Gasteiger charge is 2.38. The quantitative estimate of drug-likeness (QED) is 0.832. The van der Waals surface area contributed by atoms with E-state index in [9.17, 15) is 17.6 Å². The van der Waals surface area contributed by atoms with Crippen LogP contribution in [0.15, 0.2) is 23.1 Å². The molecule has 0 amide bonds. The Bertz CT molecular complexity index is 625. The third-order valence-corrected chi connectivity index (χ3v) is 5.62. The molecule has 1 aromatic rings. The Morgan fingerprint density at radius 2 is 2.10 bits per heavy atom. The number of nitrogens with two attached hydrogens (primary N) is 1. The lowest BCUT2D eigenvalue weighted by atomic mass is 10.0. The summed E-state index contributed by atoms with van der Waals surface area (Å²) in [6.07, 6.45) is 1.19. The summed E-state index contributed by atoms with van der Waals surface area (Å²) < 4.78 is 37.9. The number of aliphatic carboxylic acids is 1. The molecule has 0 aromatic heterocycles. The SMILES string of the molecule is NC(CCC(=O)O)c1ccc(S(=O)(=O)C2CC2)c(F)c1. The lowest BCUT2D eigenvalue weighted by Crippen LogP contribution is -2.14. The lowest BCUT2D eigenvalue weighted by molar-refractivity contribution is -0.137. The summed E-state index contributed by atoms with van der Waals surface area (Å²) in [6, 6.07) is 3.13. The van der Waals surface area contributed by atoms with Gasteiger partial charge < -0.3 is 10.8 Å². The van der Waals surface area contributed by atoms with E-state index in [1.165, 1.54) is 12.1 Å². The molecule has 2 rings (SSSR count). The zero-order valence-corrected chi connectivity index (χ0v) is 11.6. The van der Waals surface area contributed by atoms with Gasteiger partial charge in [0.15, 0.2) is 9.84 Å². The predicted molar refractivity (Wildman–Crippen MR) is 70.4 cm³/mol. The lowest BCUT2D eigenvalue weighted by Gasteiger charge is -2.12. The molecule has 1 aliphatic carbocycles. The van der Waals surface area contributed by atoms with Gasteiger partial charge in [-0.05, 0) is 37.0 Å². The third kappa shape index (κ3) is 3.16. The van der Waals surface area contributed by atoms with Crippen molar-refractivity contribution in [2.45, 2.75) is 41.9 Å². The second-order valence-corrected chi connectivity index (χ2v) is 7.17. The van der Waals surface area contributed by atoms with Crippen LogP contribution in [0.1, 0.15) is 37.3 Å². The van der Waals surface area contributed by atoms with Gasteiger partial charge in [0, 0.05) is 12.5 Å². The Morgan fingerprint density at radius 3 is 2.60 bits per heavy atom. The van der Waals surface area contributed by atoms with Gasteiger partial charge in [-0.1, -0.05) is 6.07 Å². The predicted octanol–water partition coefficient (Wildman–Crippen LogP) is 1.63. The number of hydrogen-bond donors (Lipinski definition) is 2. The van der Waals surface area contributed by atoms with Crippen LogP contribution in [0.3, 0.4) is 0 Å². The van der Waals surface area contributed by atoms with E-state index in [-0.39, 0.29) is 17.7 Å². The first-order valence-electron chi connectivity index (χ1n) is 6.33.